The minimum atomic E-state index is -0.0103. The van der Waals surface area contributed by atoms with Crippen LogP contribution in [0.5, 0.6) is 0 Å². The van der Waals surface area contributed by atoms with E-state index in [1.165, 1.54) is 5.56 Å². The molecule has 3 nitrogen and oxygen atoms in total. The summed E-state index contributed by atoms with van der Waals surface area (Å²) < 4.78 is 2.09. The van der Waals surface area contributed by atoms with Gasteiger partial charge in [-0.3, -0.25) is 4.79 Å². The van der Waals surface area contributed by atoms with Crippen molar-refractivity contribution in [3.05, 3.63) is 89.7 Å². The van der Waals surface area contributed by atoms with E-state index in [4.69, 9.17) is 0 Å². The Kier molecular flexibility index (Phi) is 4.80. The van der Waals surface area contributed by atoms with E-state index in [1.807, 2.05) is 61.8 Å². The first-order valence-corrected chi connectivity index (χ1v) is 8.18. The molecular formula is C21H22N2O. The topological polar surface area (TPSA) is 34.0 Å². The lowest BCUT2D eigenvalue weighted by molar-refractivity contribution is -0.116. The number of aromatic nitrogens is 1. The summed E-state index contributed by atoms with van der Waals surface area (Å²) in [7, 11) is 0. The highest BCUT2D eigenvalue weighted by Gasteiger charge is 2.18. The number of nitrogens with one attached hydrogen (secondary N) is 1. The Balaban J connectivity index is 1.82. The molecule has 0 aliphatic heterocycles. The summed E-state index contributed by atoms with van der Waals surface area (Å²) in [4.78, 5) is 12.6. The highest BCUT2D eigenvalue weighted by Crippen LogP contribution is 2.24. The minimum absolute atomic E-state index is 0.0103. The number of anilines is 1. The van der Waals surface area contributed by atoms with E-state index in [0.29, 0.717) is 6.42 Å². The van der Waals surface area contributed by atoms with E-state index in [0.717, 1.165) is 16.8 Å². The van der Waals surface area contributed by atoms with Crippen molar-refractivity contribution >= 4 is 11.6 Å². The Morgan fingerprint density at radius 2 is 1.75 bits per heavy atom. The van der Waals surface area contributed by atoms with Gasteiger partial charge < -0.3 is 9.88 Å². The molecular weight excluding hydrogens is 296 g/mol. The second kappa shape index (κ2) is 7.18. The summed E-state index contributed by atoms with van der Waals surface area (Å²) in [6.45, 7) is 4.07. The third kappa shape index (κ3) is 3.74. The van der Waals surface area contributed by atoms with Gasteiger partial charge in [0.2, 0.25) is 5.91 Å². The van der Waals surface area contributed by atoms with Crippen molar-refractivity contribution in [2.24, 2.45) is 0 Å². The number of rotatable bonds is 5. The maximum absolute atomic E-state index is 12.6. The van der Waals surface area contributed by atoms with Gasteiger partial charge in [-0.2, -0.15) is 0 Å². The minimum Gasteiger partial charge on any atom is -0.346 e. The molecule has 2 aromatic carbocycles. The van der Waals surface area contributed by atoms with Gasteiger partial charge in [-0.15, -0.1) is 0 Å². The van der Waals surface area contributed by atoms with Crippen molar-refractivity contribution < 1.29 is 4.79 Å². The molecule has 3 aromatic rings. The Labute approximate surface area is 143 Å². The summed E-state index contributed by atoms with van der Waals surface area (Å²) in [6, 6.07) is 20.2. The van der Waals surface area contributed by atoms with Gasteiger partial charge in [-0.05, 0) is 43.2 Å². The predicted molar refractivity (Wildman–Crippen MR) is 98.2 cm³/mol. The van der Waals surface area contributed by atoms with Crippen molar-refractivity contribution in [1.82, 2.24) is 4.57 Å². The summed E-state index contributed by atoms with van der Waals surface area (Å²) in [6.07, 6.45) is 4.41. The van der Waals surface area contributed by atoms with Crippen LogP contribution in [-0.4, -0.2) is 10.5 Å². The monoisotopic (exact) mass is 318 g/mol. The van der Waals surface area contributed by atoms with Gasteiger partial charge in [-0.25, -0.2) is 0 Å². The Morgan fingerprint density at radius 1 is 1.00 bits per heavy atom. The van der Waals surface area contributed by atoms with Crippen LogP contribution in [0, 0.1) is 13.8 Å². The molecule has 0 radical (unpaired) electrons. The molecule has 3 rings (SSSR count). The van der Waals surface area contributed by atoms with Crippen LogP contribution in [0.1, 0.15) is 29.2 Å². The first-order valence-electron chi connectivity index (χ1n) is 8.18. The van der Waals surface area contributed by atoms with Gasteiger partial charge in [-0.1, -0.05) is 48.0 Å². The first kappa shape index (κ1) is 16.1. The van der Waals surface area contributed by atoms with E-state index in [-0.39, 0.29) is 11.9 Å². The maximum atomic E-state index is 12.6. The lowest BCUT2D eigenvalue weighted by Gasteiger charge is -2.20. The van der Waals surface area contributed by atoms with Crippen LogP contribution in [0.25, 0.3) is 0 Å². The standard InChI is InChI=1S/C21H22N2O/c1-16-8-7-10-18(14-16)20(23-12-5-6-13-23)15-21(24)22-19-11-4-3-9-17(19)2/h3-14,20H,15H2,1-2H3,(H,22,24)/t20-/m1/s1. The van der Waals surface area contributed by atoms with Gasteiger partial charge in [0, 0.05) is 18.1 Å². The molecule has 0 bridgehead atoms. The van der Waals surface area contributed by atoms with Crippen molar-refractivity contribution in [2.75, 3.05) is 5.32 Å². The fourth-order valence-electron chi connectivity index (χ4n) is 2.92. The quantitative estimate of drug-likeness (QED) is 0.725. The summed E-state index contributed by atoms with van der Waals surface area (Å²) >= 11 is 0. The SMILES string of the molecule is Cc1cccc([C@@H](CC(=O)Nc2ccccc2C)n2cccc2)c1. The summed E-state index contributed by atoms with van der Waals surface area (Å²) in [5.41, 5.74) is 4.28. The number of aryl methyl sites for hydroxylation is 2. The van der Waals surface area contributed by atoms with E-state index >= 15 is 0 Å². The lowest BCUT2D eigenvalue weighted by Crippen LogP contribution is -2.20. The van der Waals surface area contributed by atoms with Crippen molar-refractivity contribution in [2.45, 2.75) is 26.3 Å². The Bertz CT molecular complexity index is 821. The van der Waals surface area contributed by atoms with Crippen LogP contribution < -0.4 is 5.32 Å². The second-order valence-electron chi connectivity index (χ2n) is 6.13. The molecule has 1 N–H and O–H groups in total. The van der Waals surface area contributed by atoms with Gasteiger partial charge >= 0.3 is 0 Å². The van der Waals surface area contributed by atoms with Gasteiger partial charge in [0.05, 0.1) is 12.5 Å². The molecule has 1 atom stereocenters. The smallest absolute Gasteiger partial charge is 0.226 e. The molecule has 0 spiro atoms. The third-order valence-corrected chi connectivity index (χ3v) is 4.21. The molecule has 1 heterocycles. The molecule has 0 saturated carbocycles. The molecule has 1 amide bonds. The van der Waals surface area contributed by atoms with Crippen molar-refractivity contribution in [3.63, 3.8) is 0 Å². The predicted octanol–water partition coefficient (Wildman–Crippen LogP) is 4.72. The van der Waals surface area contributed by atoms with E-state index in [2.05, 4.69) is 35.0 Å². The van der Waals surface area contributed by atoms with Gasteiger partial charge in [0.25, 0.3) is 0 Å². The summed E-state index contributed by atoms with van der Waals surface area (Å²) in [5, 5.41) is 3.03. The third-order valence-electron chi connectivity index (χ3n) is 4.21. The zero-order valence-electron chi connectivity index (χ0n) is 14.1. The molecule has 122 valence electrons. The van der Waals surface area contributed by atoms with Crippen LogP contribution in [0.3, 0.4) is 0 Å². The maximum Gasteiger partial charge on any atom is 0.226 e. The van der Waals surface area contributed by atoms with Crippen molar-refractivity contribution in [3.8, 4) is 0 Å². The van der Waals surface area contributed by atoms with E-state index < -0.39 is 0 Å². The normalized spacial score (nSPS) is 11.9. The zero-order valence-corrected chi connectivity index (χ0v) is 14.1. The molecule has 0 saturated heterocycles. The molecule has 0 fully saturated rings. The number of carbonyl (C=O) groups excluding carboxylic acids is 1. The molecule has 1 aromatic heterocycles. The van der Waals surface area contributed by atoms with Crippen LogP contribution >= 0.6 is 0 Å². The molecule has 0 aliphatic rings. The van der Waals surface area contributed by atoms with Crippen LogP contribution in [0.15, 0.2) is 73.1 Å². The zero-order chi connectivity index (χ0) is 16.9. The second-order valence-corrected chi connectivity index (χ2v) is 6.13. The number of para-hydroxylation sites is 1. The number of carbonyl (C=O) groups is 1. The first-order chi connectivity index (χ1) is 11.6. The number of hydrogen-bond acceptors (Lipinski definition) is 1. The lowest BCUT2D eigenvalue weighted by atomic mass is 10.0. The van der Waals surface area contributed by atoms with E-state index in [1.54, 1.807) is 0 Å². The number of nitrogens with zero attached hydrogens (tertiary/aromatic N) is 1. The molecule has 3 heteroatoms. The van der Waals surface area contributed by atoms with Gasteiger partial charge in [0.1, 0.15) is 0 Å². The van der Waals surface area contributed by atoms with Crippen LogP contribution in [0.4, 0.5) is 5.69 Å². The van der Waals surface area contributed by atoms with Crippen LogP contribution in [0.2, 0.25) is 0 Å². The summed E-state index contributed by atoms with van der Waals surface area (Å²) in [5.74, 6) is 0.0181. The molecule has 24 heavy (non-hydrogen) atoms. The fourth-order valence-corrected chi connectivity index (χ4v) is 2.92. The highest BCUT2D eigenvalue weighted by atomic mass is 16.1. The number of amides is 1. The van der Waals surface area contributed by atoms with E-state index in [9.17, 15) is 4.79 Å². The largest absolute Gasteiger partial charge is 0.346 e. The Morgan fingerprint density at radius 3 is 2.46 bits per heavy atom. The van der Waals surface area contributed by atoms with Gasteiger partial charge in [0.15, 0.2) is 0 Å². The average molecular weight is 318 g/mol. The number of hydrogen-bond donors (Lipinski definition) is 1. The Hall–Kier alpha value is -2.81. The molecule has 0 aliphatic carbocycles. The molecule has 0 unspecified atom stereocenters. The average Bonchev–Trinajstić information content (AvgIpc) is 3.09. The van der Waals surface area contributed by atoms with Crippen molar-refractivity contribution in [1.29, 1.82) is 0 Å². The number of benzene rings is 2. The fraction of sp³-hybridized carbons (Fsp3) is 0.190. The highest BCUT2D eigenvalue weighted by molar-refractivity contribution is 5.92. The van der Waals surface area contributed by atoms with Crippen LogP contribution in [-0.2, 0) is 4.79 Å².